The first-order valence-electron chi connectivity index (χ1n) is 4.25. The summed E-state index contributed by atoms with van der Waals surface area (Å²) in [6.45, 7) is 4.71. The van der Waals surface area contributed by atoms with Crippen molar-refractivity contribution in [1.29, 1.82) is 0 Å². The summed E-state index contributed by atoms with van der Waals surface area (Å²) in [6, 6.07) is 0. The van der Waals surface area contributed by atoms with Crippen molar-refractivity contribution in [3.05, 3.63) is 5.32 Å². The number of rotatable bonds is 0. The molecule has 0 aliphatic carbocycles. The van der Waals surface area contributed by atoms with Gasteiger partial charge in [-0.3, -0.25) is 0 Å². The zero-order chi connectivity index (χ0) is 6.86. The Hall–Kier alpha value is 0.504. The van der Waals surface area contributed by atoms with Crippen LogP contribution in [0.5, 0.6) is 0 Å². The van der Waals surface area contributed by atoms with E-state index in [1.165, 1.54) is 32.4 Å². The second-order valence-electron chi connectivity index (χ2n) is 3.60. The number of nitrogens with zero attached hydrogens (tertiary/aromatic N) is 1. The third-order valence-electron chi connectivity index (χ3n) is 2.93. The van der Waals surface area contributed by atoms with Crippen LogP contribution in [0, 0.1) is 5.41 Å². The van der Waals surface area contributed by atoms with Gasteiger partial charge >= 0.3 is 0 Å². The molecule has 2 fully saturated rings. The Morgan fingerprint density at radius 1 is 1.09 bits per heavy atom. The molecule has 0 unspecified atom stereocenters. The smallest absolute Gasteiger partial charge is 0.000704 e. The van der Waals surface area contributed by atoms with Gasteiger partial charge in [0.05, 0.1) is 0 Å². The summed E-state index contributed by atoms with van der Waals surface area (Å²) in [7, 11) is 0. The maximum Gasteiger partial charge on any atom is 0.000704 e. The molecule has 11 heavy (non-hydrogen) atoms. The van der Waals surface area contributed by atoms with E-state index in [2.05, 4.69) is 10.6 Å². The number of hydrogen-bond acceptors (Lipinski definition) is 1. The Balaban J connectivity index is 0.000000605. The fourth-order valence-corrected chi connectivity index (χ4v) is 2.09. The van der Waals surface area contributed by atoms with Gasteiger partial charge in [-0.05, 0) is 18.4 Å². The van der Waals surface area contributed by atoms with Gasteiger partial charge in [0.25, 0.3) is 0 Å². The zero-order valence-corrected chi connectivity index (χ0v) is 8.24. The molecule has 2 heterocycles. The molecule has 0 saturated carbocycles. The molecule has 2 rings (SSSR count). The molecule has 0 atom stereocenters. The van der Waals surface area contributed by atoms with E-state index in [1.54, 1.807) is 0 Å². The van der Waals surface area contributed by atoms with Gasteiger partial charge in [-0.25, -0.2) is 0 Å². The van der Waals surface area contributed by atoms with Crippen molar-refractivity contribution in [1.82, 2.24) is 5.32 Å². The molecule has 2 nitrogen and oxygen atoms in total. The largest absolute Gasteiger partial charge is 0.662 e. The molecule has 2 aliphatic heterocycles. The van der Waals surface area contributed by atoms with Crippen molar-refractivity contribution >= 4 is 0 Å². The minimum atomic E-state index is 0. The van der Waals surface area contributed by atoms with E-state index in [0.717, 1.165) is 13.1 Å². The molecule has 1 N–H and O–H groups in total. The van der Waals surface area contributed by atoms with E-state index < -0.39 is 0 Å². The average Bonchev–Trinajstić information content (AvgIpc) is 2.39. The third kappa shape index (κ3) is 2.00. The zero-order valence-electron chi connectivity index (χ0n) is 6.84. The molecule has 3 heteroatoms. The SMILES string of the molecule is C1CC2(CC[N-]1)CCNC2.[V]. The van der Waals surface area contributed by atoms with Crippen LogP contribution in [0.25, 0.3) is 5.32 Å². The third-order valence-corrected chi connectivity index (χ3v) is 2.93. The molecular formula is C8H15N2V-. The number of hydrogen-bond donors (Lipinski definition) is 1. The van der Waals surface area contributed by atoms with Crippen LogP contribution in [0.2, 0.25) is 0 Å². The second-order valence-corrected chi connectivity index (χ2v) is 3.60. The molecule has 0 aromatic carbocycles. The summed E-state index contributed by atoms with van der Waals surface area (Å²) in [5.41, 5.74) is 0.668. The Kier molecular flexibility index (Phi) is 3.44. The normalized spacial score (nSPS) is 28.4. The Labute approximate surface area is 80.4 Å². The van der Waals surface area contributed by atoms with Crippen LogP contribution in [0.15, 0.2) is 0 Å². The predicted molar refractivity (Wildman–Crippen MR) is 42.2 cm³/mol. The topological polar surface area (TPSA) is 26.1 Å². The molecule has 0 amide bonds. The molecule has 0 aromatic heterocycles. The van der Waals surface area contributed by atoms with Crippen LogP contribution in [-0.2, 0) is 18.6 Å². The summed E-state index contributed by atoms with van der Waals surface area (Å²) < 4.78 is 0. The van der Waals surface area contributed by atoms with Crippen LogP contribution in [0.1, 0.15) is 19.3 Å². The van der Waals surface area contributed by atoms with Gasteiger partial charge in [0.15, 0.2) is 0 Å². The van der Waals surface area contributed by atoms with Crippen molar-refractivity contribution in [2.24, 2.45) is 5.41 Å². The van der Waals surface area contributed by atoms with E-state index in [-0.39, 0.29) is 18.6 Å². The monoisotopic (exact) mass is 190 g/mol. The minimum absolute atomic E-state index is 0. The van der Waals surface area contributed by atoms with E-state index in [4.69, 9.17) is 0 Å². The summed E-state index contributed by atoms with van der Waals surface area (Å²) in [5.74, 6) is 0. The predicted octanol–water partition coefficient (Wildman–Crippen LogP) is 1.13. The van der Waals surface area contributed by atoms with Gasteiger partial charge in [-0.15, -0.1) is 13.1 Å². The number of piperidine rings is 1. The minimum Gasteiger partial charge on any atom is -0.662 e. The fourth-order valence-electron chi connectivity index (χ4n) is 2.09. The first-order valence-corrected chi connectivity index (χ1v) is 4.25. The molecule has 1 radical (unpaired) electrons. The fraction of sp³-hybridized carbons (Fsp3) is 1.00. The van der Waals surface area contributed by atoms with Crippen LogP contribution < -0.4 is 5.32 Å². The van der Waals surface area contributed by atoms with Gasteiger partial charge < -0.3 is 10.6 Å². The van der Waals surface area contributed by atoms with E-state index in [9.17, 15) is 0 Å². The molecular weight excluding hydrogens is 175 g/mol. The molecule has 0 aromatic rings. The average molecular weight is 190 g/mol. The van der Waals surface area contributed by atoms with Crippen LogP contribution in [0.4, 0.5) is 0 Å². The quantitative estimate of drug-likeness (QED) is 0.608. The number of nitrogens with one attached hydrogen (secondary N) is 1. The molecule has 1 spiro atoms. The van der Waals surface area contributed by atoms with E-state index in [0.29, 0.717) is 5.41 Å². The summed E-state index contributed by atoms with van der Waals surface area (Å²) in [6.07, 6.45) is 4.06. The molecule has 0 bridgehead atoms. The van der Waals surface area contributed by atoms with Gasteiger partial charge in [0, 0.05) is 25.1 Å². The van der Waals surface area contributed by atoms with Gasteiger partial charge in [-0.2, -0.15) is 0 Å². The Morgan fingerprint density at radius 3 is 2.36 bits per heavy atom. The van der Waals surface area contributed by atoms with Gasteiger partial charge in [-0.1, -0.05) is 12.8 Å². The van der Waals surface area contributed by atoms with Gasteiger partial charge in [0.1, 0.15) is 0 Å². The maximum atomic E-state index is 4.37. The maximum absolute atomic E-state index is 4.37. The Morgan fingerprint density at radius 2 is 1.82 bits per heavy atom. The van der Waals surface area contributed by atoms with Crippen molar-refractivity contribution in [2.75, 3.05) is 26.2 Å². The van der Waals surface area contributed by atoms with Crippen molar-refractivity contribution in [3.8, 4) is 0 Å². The standard InChI is InChI=1S/C8H15N2.V/c1-4-9-5-2-8(1)3-6-10-7-8;/h10H,1-7H2;/q-1;. The molecule has 2 saturated heterocycles. The summed E-state index contributed by atoms with van der Waals surface area (Å²) in [4.78, 5) is 0. The van der Waals surface area contributed by atoms with E-state index >= 15 is 0 Å². The van der Waals surface area contributed by atoms with Gasteiger partial charge in [0.2, 0.25) is 0 Å². The van der Waals surface area contributed by atoms with E-state index in [1.807, 2.05) is 0 Å². The van der Waals surface area contributed by atoms with Crippen LogP contribution in [-0.4, -0.2) is 26.2 Å². The van der Waals surface area contributed by atoms with Crippen molar-refractivity contribution in [2.45, 2.75) is 19.3 Å². The van der Waals surface area contributed by atoms with Crippen LogP contribution >= 0.6 is 0 Å². The molecule has 2 aliphatic rings. The first kappa shape index (κ1) is 9.59. The van der Waals surface area contributed by atoms with Crippen LogP contribution in [0.3, 0.4) is 0 Å². The summed E-state index contributed by atoms with van der Waals surface area (Å²) in [5, 5.41) is 7.81. The Bertz CT molecular complexity index is 113. The van der Waals surface area contributed by atoms with Crippen molar-refractivity contribution in [3.63, 3.8) is 0 Å². The second kappa shape index (κ2) is 3.95. The summed E-state index contributed by atoms with van der Waals surface area (Å²) >= 11 is 0. The van der Waals surface area contributed by atoms with Crippen molar-refractivity contribution < 1.29 is 18.6 Å². The molecule has 63 valence electrons. The first-order chi connectivity index (χ1) is 4.91.